The van der Waals surface area contributed by atoms with E-state index in [0.29, 0.717) is 11.4 Å². The molecule has 35 heavy (non-hydrogen) atoms. The van der Waals surface area contributed by atoms with Crippen LogP contribution in [0.3, 0.4) is 0 Å². The molecular weight excluding hydrogens is 490 g/mol. The number of hydrogen-bond acceptors (Lipinski definition) is 5. The maximum atomic E-state index is 13.6. The first kappa shape index (κ1) is 28.5. The number of nitrogens with one attached hydrogen (secondary N) is 1. The van der Waals surface area contributed by atoms with E-state index in [9.17, 15) is 18.0 Å². The maximum absolute atomic E-state index is 13.6. The third-order valence-electron chi connectivity index (χ3n) is 5.24. The van der Waals surface area contributed by atoms with E-state index in [1.165, 1.54) is 24.1 Å². The predicted molar refractivity (Wildman–Crippen MR) is 139 cm³/mol. The lowest BCUT2D eigenvalue weighted by molar-refractivity contribution is -0.139. The number of methoxy groups -OCH3 is 1. The molecule has 0 bridgehead atoms. The third kappa shape index (κ3) is 8.43. The summed E-state index contributed by atoms with van der Waals surface area (Å²) in [7, 11) is -2.49. The lowest BCUT2D eigenvalue weighted by Gasteiger charge is -2.33. The van der Waals surface area contributed by atoms with Gasteiger partial charge in [-0.25, -0.2) is 8.42 Å². The molecule has 0 aliphatic heterocycles. The highest BCUT2D eigenvalue weighted by Gasteiger charge is 2.32. The second-order valence-corrected chi connectivity index (χ2v) is 11.7. The van der Waals surface area contributed by atoms with Crippen molar-refractivity contribution in [1.82, 2.24) is 10.2 Å². The quantitative estimate of drug-likeness (QED) is 0.514. The smallest absolute Gasteiger partial charge is 0.244 e. The van der Waals surface area contributed by atoms with Crippen LogP contribution in [0.4, 0.5) is 5.69 Å². The van der Waals surface area contributed by atoms with Crippen LogP contribution in [0.1, 0.15) is 33.3 Å². The van der Waals surface area contributed by atoms with Crippen LogP contribution in [0.5, 0.6) is 5.75 Å². The normalized spacial score (nSPS) is 12.5. The fraction of sp³-hybridized carbons (Fsp3) is 0.440. The average Bonchev–Trinajstić information content (AvgIpc) is 2.76. The van der Waals surface area contributed by atoms with Crippen LogP contribution in [0, 0.1) is 0 Å². The van der Waals surface area contributed by atoms with Crippen molar-refractivity contribution in [3.63, 3.8) is 0 Å². The van der Waals surface area contributed by atoms with Crippen LogP contribution in [-0.4, -0.2) is 63.2 Å². The monoisotopic (exact) mass is 523 g/mol. The second-order valence-electron chi connectivity index (χ2n) is 9.32. The summed E-state index contributed by atoms with van der Waals surface area (Å²) in [4.78, 5) is 27.9. The molecule has 2 aromatic rings. The van der Waals surface area contributed by atoms with E-state index < -0.39 is 34.1 Å². The average molecular weight is 524 g/mol. The Morgan fingerprint density at radius 3 is 2.29 bits per heavy atom. The van der Waals surface area contributed by atoms with E-state index in [2.05, 4.69) is 5.32 Å². The molecule has 2 rings (SSSR count). The molecule has 1 atom stereocenters. The first-order valence-electron chi connectivity index (χ1n) is 11.2. The summed E-state index contributed by atoms with van der Waals surface area (Å²) in [6.45, 7) is 6.90. The van der Waals surface area contributed by atoms with E-state index in [-0.39, 0.29) is 23.9 Å². The van der Waals surface area contributed by atoms with E-state index in [1.807, 2.05) is 51.1 Å². The molecule has 10 heteroatoms. The lowest BCUT2D eigenvalue weighted by Crippen LogP contribution is -2.55. The molecule has 0 heterocycles. The second kappa shape index (κ2) is 11.8. The van der Waals surface area contributed by atoms with Gasteiger partial charge >= 0.3 is 0 Å². The van der Waals surface area contributed by atoms with Gasteiger partial charge in [0.15, 0.2) is 0 Å². The Labute approximate surface area is 213 Å². The molecule has 0 aliphatic carbocycles. The molecule has 0 aromatic heterocycles. The zero-order chi connectivity index (χ0) is 26.4. The van der Waals surface area contributed by atoms with Gasteiger partial charge in [0.05, 0.1) is 19.1 Å². The highest BCUT2D eigenvalue weighted by Crippen LogP contribution is 2.32. The lowest BCUT2D eigenvalue weighted by atomic mass is 10.1. The Hall–Kier alpha value is -2.78. The maximum Gasteiger partial charge on any atom is 0.244 e. The van der Waals surface area contributed by atoms with Crippen molar-refractivity contribution in [3.8, 4) is 5.75 Å². The topological polar surface area (TPSA) is 96.0 Å². The predicted octanol–water partition coefficient (Wildman–Crippen LogP) is 3.49. The number of halogens is 1. The summed E-state index contributed by atoms with van der Waals surface area (Å²) in [6, 6.07) is 13.3. The number of sulfonamides is 1. The van der Waals surface area contributed by atoms with Crippen molar-refractivity contribution in [2.24, 2.45) is 0 Å². The van der Waals surface area contributed by atoms with E-state index in [1.54, 1.807) is 13.0 Å². The van der Waals surface area contributed by atoms with Crippen molar-refractivity contribution >= 4 is 39.1 Å². The molecule has 1 N–H and O–H groups in total. The number of benzene rings is 2. The summed E-state index contributed by atoms with van der Waals surface area (Å²) in [6.07, 6.45) is 1.50. The van der Waals surface area contributed by atoms with E-state index >= 15 is 0 Å². The number of anilines is 1. The Kier molecular flexibility index (Phi) is 9.57. The Morgan fingerprint density at radius 1 is 1.11 bits per heavy atom. The summed E-state index contributed by atoms with van der Waals surface area (Å²) in [5.41, 5.74) is 0.641. The first-order valence-corrected chi connectivity index (χ1v) is 13.4. The van der Waals surface area contributed by atoms with Crippen molar-refractivity contribution in [1.29, 1.82) is 0 Å². The highest BCUT2D eigenvalue weighted by molar-refractivity contribution is 7.92. The minimum absolute atomic E-state index is 0.144. The van der Waals surface area contributed by atoms with Crippen LogP contribution in [0.25, 0.3) is 0 Å². The molecule has 0 spiro atoms. The Balaban J connectivity index is 2.40. The molecule has 0 saturated carbocycles. The fourth-order valence-electron chi connectivity index (χ4n) is 3.50. The summed E-state index contributed by atoms with van der Waals surface area (Å²) < 4.78 is 31.7. The van der Waals surface area contributed by atoms with Crippen molar-refractivity contribution in [3.05, 3.63) is 59.1 Å². The van der Waals surface area contributed by atoms with Gasteiger partial charge in [-0.2, -0.15) is 0 Å². The van der Waals surface area contributed by atoms with E-state index in [0.717, 1.165) is 16.1 Å². The van der Waals surface area contributed by atoms with Gasteiger partial charge in [-0.3, -0.25) is 13.9 Å². The van der Waals surface area contributed by atoms with Crippen molar-refractivity contribution < 1.29 is 22.7 Å². The number of amides is 2. The van der Waals surface area contributed by atoms with Gasteiger partial charge in [0.25, 0.3) is 0 Å². The summed E-state index contributed by atoms with van der Waals surface area (Å²) >= 11 is 6.11. The standard InChI is InChI=1S/C25H34ClN3O5S/c1-18(24(31)27-25(2,3)4)28(15-14-19-10-8-7-9-11-19)23(30)17-29(35(6,32)33)21-16-20(26)12-13-22(21)34-5/h7-13,16,18H,14-15,17H2,1-6H3,(H,27,31)/t18-/m1/s1. The van der Waals surface area contributed by atoms with Crippen LogP contribution >= 0.6 is 11.6 Å². The van der Waals surface area contributed by atoms with Crippen LogP contribution in [0.15, 0.2) is 48.5 Å². The number of rotatable bonds is 10. The van der Waals surface area contributed by atoms with Crippen LogP contribution in [0.2, 0.25) is 5.02 Å². The Bertz CT molecular complexity index is 1130. The molecule has 0 saturated heterocycles. The number of ether oxygens (including phenoxy) is 1. The number of carbonyl (C=O) groups excluding carboxylic acids is 2. The molecule has 0 fully saturated rings. The minimum atomic E-state index is -3.89. The van der Waals surface area contributed by atoms with Crippen LogP contribution in [-0.2, 0) is 26.0 Å². The summed E-state index contributed by atoms with van der Waals surface area (Å²) in [5, 5.41) is 3.18. The number of carbonyl (C=O) groups is 2. The van der Waals surface area contributed by atoms with Gasteiger partial charge in [0.2, 0.25) is 21.8 Å². The molecule has 2 aromatic carbocycles. The minimum Gasteiger partial charge on any atom is -0.495 e. The molecule has 0 aliphatic rings. The van der Waals surface area contributed by atoms with Gasteiger partial charge in [0.1, 0.15) is 18.3 Å². The van der Waals surface area contributed by atoms with Crippen LogP contribution < -0.4 is 14.4 Å². The van der Waals surface area contributed by atoms with Gasteiger partial charge in [0, 0.05) is 17.1 Å². The molecule has 0 unspecified atom stereocenters. The molecule has 0 radical (unpaired) electrons. The first-order chi connectivity index (χ1) is 16.2. The zero-order valence-electron chi connectivity index (χ0n) is 21.0. The van der Waals surface area contributed by atoms with Gasteiger partial charge < -0.3 is 15.0 Å². The summed E-state index contributed by atoms with van der Waals surface area (Å²) in [5.74, 6) is -0.600. The molecule has 8 nitrogen and oxygen atoms in total. The third-order valence-corrected chi connectivity index (χ3v) is 6.60. The number of nitrogens with zero attached hydrogens (tertiary/aromatic N) is 2. The highest BCUT2D eigenvalue weighted by atomic mass is 35.5. The zero-order valence-corrected chi connectivity index (χ0v) is 22.6. The largest absolute Gasteiger partial charge is 0.495 e. The van der Waals surface area contributed by atoms with Crippen molar-refractivity contribution in [2.45, 2.75) is 45.7 Å². The fourth-order valence-corrected chi connectivity index (χ4v) is 4.51. The molecular formula is C25H34ClN3O5S. The van der Waals surface area contributed by atoms with Crippen molar-refractivity contribution in [2.75, 3.05) is 30.8 Å². The van der Waals surface area contributed by atoms with E-state index in [4.69, 9.17) is 16.3 Å². The molecule has 2 amide bonds. The Morgan fingerprint density at radius 2 is 1.74 bits per heavy atom. The number of hydrogen-bond donors (Lipinski definition) is 1. The van der Waals surface area contributed by atoms with Gasteiger partial charge in [-0.15, -0.1) is 0 Å². The van der Waals surface area contributed by atoms with Gasteiger partial charge in [-0.05, 0) is 57.9 Å². The van der Waals surface area contributed by atoms with Gasteiger partial charge in [-0.1, -0.05) is 41.9 Å². The molecule has 192 valence electrons. The SMILES string of the molecule is COc1ccc(Cl)cc1N(CC(=O)N(CCc1ccccc1)[C@H](C)C(=O)NC(C)(C)C)S(C)(=O)=O.